The maximum absolute atomic E-state index is 13.4. The van der Waals surface area contributed by atoms with E-state index in [4.69, 9.17) is 0 Å². The van der Waals surface area contributed by atoms with Gasteiger partial charge in [-0.15, -0.1) is 14.9 Å². The first kappa shape index (κ1) is 25.3. The van der Waals surface area contributed by atoms with Crippen molar-refractivity contribution in [3.05, 3.63) is 23.3 Å². The molecule has 1 unspecified atom stereocenters. The van der Waals surface area contributed by atoms with Crippen LogP contribution in [0.2, 0.25) is 0 Å². The molecule has 13 heteroatoms. The van der Waals surface area contributed by atoms with E-state index in [-0.39, 0.29) is 27.5 Å². The molecule has 2 fully saturated rings. The summed E-state index contributed by atoms with van der Waals surface area (Å²) < 4.78 is 44.4. The zero-order valence-electron chi connectivity index (χ0n) is 20.4. The van der Waals surface area contributed by atoms with Gasteiger partial charge in [0.25, 0.3) is 6.43 Å². The Morgan fingerprint density at radius 2 is 1.92 bits per heavy atom. The summed E-state index contributed by atoms with van der Waals surface area (Å²) in [5.41, 5.74) is 1.29. The molecule has 9 nitrogen and oxygen atoms in total. The third kappa shape index (κ3) is 4.81. The number of nitrogens with one attached hydrogen (secondary N) is 1. The highest BCUT2D eigenvalue weighted by molar-refractivity contribution is 7.89. The van der Waals surface area contributed by atoms with Gasteiger partial charge in [0.2, 0.25) is 11.0 Å². The van der Waals surface area contributed by atoms with Gasteiger partial charge in [0.1, 0.15) is 0 Å². The number of halogens is 2. The van der Waals surface area contributed by atoms with Gasteiger partial charge in [-0.3, -0.25) is 4.79 Å². The molecule has 3 heterocycles. The Bertz CT molecular complexity index is 1250. The fourth-order valence-corrected chi connectivity index (χ4v) is 6.51. The normalized spacial score (nSPS) is 18.8. The van der Waals surface area contributed by atoms with Crippen LogP contribution >= 0.6 is 11.3 Å². The number of carbonyl (C=O) groups is 1. The van der Waals surface area contributed by atoms with Crippen molar-refractivity contribution in [3.63, 3.8) is 0 Å². The molecule has 1 saturated carbocycles. The summed E-state index contributed by atoms with van der Waals surface area (Å²) in [5, 5.41) is 12.6. The van der Waals surface area contributed by atoms with Gasteiger partial charge in [-0.05, 0) is 26.2 Å². The Hall–Kier alpha value is -2.35. The molecule has 2 aromatic heterocycles. The average Bonchev–Trinajstić information content (AvgIpc) is 3.49. The van der Waals surface area contributed by atoms with Crippen LogP contribution in [0.1, 0.15) is 51.5 Å². The number of aromatic nitrogens is 4. The second-order valence-corrected chi connectivity index (χ2v) is 12.1. The number of anilines is 1. The minimum absolute atomic E-state index is 0.0591. The van der Waals surface area contributed by atoms with Crippen LogP contribution in [-0.2, 0) is 16.2 Å². The van der Waals surface area contributed by atoms with Crippen molar-refractivity contribution in [2.45, 2.75) is 56.9 Å². The van der Waals surface area contributed by atoms with Gasteiger partial charge in [0.05, 0.1) is 34.3 Å². The number of benzene rings is 1. The van der Waals surface area contributed by atoms with E-state index in [1.807, 2.05) is 24.8 Å². The lowest BCUT2D eigenvalue weighted by molar-refractivity contribution is -0.134. The molecule has 0 radical (unpaired) electrons. The van der Waals surface area contributed by atoms with Gasteiger partial charge >= 0.3 is 0 Å². The molecule has 0 bridgehead atoms. The summed E-state index contributed by atoms with van der Waals surface area (Å²) in [6.45, 7) is 8.27. The van der Waals surface area contributed by atoms with Crippen LogP contribution in [0.25, 0.3) is 16.0 Å². The summed E-state index contributed by atoms with van der Waals surface area (Å²) in [4.78, 5) is 17.1. The van der Waals surface area contributed by atoms with E-state index in [0.717, 1.165) is 41.7 Å². The molecule has 1 amide bonds. The number of fused-ring (bicyclic) bond motifs is 1. The van der Waals surface area contributed by atoms with Gasteiger partial charge in [-0.2, -0.15) is 5.10 Å². The second-order valence-electron chi connectivity index (χ2n) is 9.91. The average molecular weight is 538 g/mol. The Kier molecular flexibility index (Phi) is 6.92. The first-order chi connectivity index (χ1) is 17.1. The molecule has 1 aromatic carbocycles. The highest BCUT2D eigenvalue weighted by atomic mass is 32.2. The molecule has 2 aliphatic rings. The van der Waals surface area contributed by atoms with Crippen molar-refractivity contribution in [2.24, 2.45) is 5.92 Å². The Labute approximate surface area is 215 Å². The first-order valence-electron chi connectivity index (χ1n) is 12.0. The molecular weight excluding hydrogens is 508 g/mol. The number of carbonyl (C=O) groups excluding carboxylic acids is 1. The van der Waals surface area contributed by atoms with Crippen molar-refractivity contribution in [1.29, 1.82) is 0 Å². The molecule has 1 aliphatic heterocycles. The molecule has 3 aromatic rings. The number of nitrogens with zero attached hydrogens (tertiary/aromatic N) is 6. The van der Waals surface area contributed by atoms with Gasteiger partial charge in [0, 0.05) is 49.6 Å². The second kappa shape index (κ2) is 9.84. The van der Waals surface area contributed by atoms with Crippen molar-refractivity contribution in [3.8, 4) is 5.13 Å². The zero-order valence-corrected chi connectivity index (χ0v) is 22.0. The van der Waals surface area contributed by atoms with Gasteiger partial charge in [-0.1, -0.05) is 25.2 Å². The number of hydrogen-bond donors (Lipinski definition) is 1. The van der Waals surface area contributed by atoms with Gasteiger partial charge in [-0.25, -0.2) is 13.5 Å². The SMILES string of the molecule is CC(C)C(=O)N1CCN(c2cc([S+]([O-])NC3(C)CCC3)cc3c2cnn3-c2nnc(C(F)F)s2)CC1. The Morgan fingerprint density at radius 3 is 2.50 bits per heavy atom. The fourth-order valence-electron chi connectivity index (χ4n) is 4.63. The minimum Gasteiger partial charge on any atom is -0.593 e. The standard InChI is InChI=1S/C23H29F2N7O2S2/c1-14(2)21(33)31-9-7-30(8-10-31)17-11-15(36(34)29-23(3)5-4-6-23)12-18-16(17)13-26-32(18)22-28-27-20(35-22)19(24)25/h11-14,19,29H,4-10H2,1-3H3. The van der Waals surface area contributed by atoms with E-state index in [2.05, 4.69) is 31.8 Å². The van der Waals surface area contributed by atoms with Gasteiger partial charge in [0.15, 0.2) is 9.90 Å². The lowest BCUT2D eigenvalue weighted by atomic mass is 9.80. The molecule has 1 atom stereocenters. The maximum atomic E-state index is 13.4. The van der Waals surface area contributed by atoms with Crippen molar-refractivity contribution in [2.75, 3.05) is 31.1 Å². The molecule has 1 saturated heterocycles. The van der Waals surface area contributed by atoms with E-state index < -0.39 is 17.8 Å². The number of rotatable bonds is 7. The molecule has 1 N–H and O–H groups in total. The van der Waals surface area contributed by atoms with Crippen LogP contribution in [0, 0.1) is 5.92 Å². The van der Waals surface area contributed by atoms with E-state index in [0.29, 0.717) is 36.6 Å². The Morgan fingerprint density at radius 1 is 1.19 bits per heavy atom. The molecule has 5 rings (SSSR count). The number of hydrogen-bond acceptors (Lipinski definition) is 8. The summed E-state index contributed by atoms with van der Waals surface area (Å²) in [5.74, 6) is 0.0720. The Balaban J connectivity index is 1.51. The van der Waals surface area contributed by atoms with Crippen molar-refractivity contribution >= 4 is 45.2 Å². The summed E-state index contributed by atoms with van der Waals surface area (Å²) in [6.07, 6.45) is 1.97. The predicted octanol–water partition coefficient (Wildman–Crippen LogP) is 3.67. The quantitative estimate of drug-likeness (QED) is 0.459. The third-order valence-electron chi connectivity index (χ3n) is 6.87. The lowest BCUT2D eigenvalue weighted by Crippen LogP contribution is -2.51. The lowest BCUT2D eigenvalue weighted by Gasteiger charge is -2.38. The highest BCUT2D eigenvalue weighted by Crippen LogP contribution is 2.36. The number of alkyl halides is 2. The summed E-state index contributed by atoms with van der Waals surface area (Å²) in [7, 11) is 0. The topological polar surface area (TPSA) is 102 Å². The van der Waals surface area contributed by atoms with Crippen molar-refractivity contribution in [1.82, 2.24) is 29.6 Å². The summed E-state index contributed by atoms with van der Waals surface area (Å²) >= 11 is -0.701. The van der Waals surface area contributed by atoms with Crippen LogP contribution in [0.4, 0.5) is 14.5 Å². The van der Waals surface area contributed by atoms with Crippen LogP contribution < -0.4 is 9.62 Å². The highest BCUT2D eigenvalue weighted by Gasteiger charge is 2.37. The smallest absolute Gasteiger partial charge is 0.291 e. The van der Waals surface area contributed by atoms with Crippen LogP contribution in [0.3, 0.4) is 0 Å². The zero-order chi connectivity index (χ0) is 25.6. The fraction of sp³-hybridized carbons (Fsp3) is 0.565. The monoisotopic (exact) mass is 537 g/mol. The summed E-state index contributed by atoms with van der Waals surface area (Å²) in [6, 6.07) is 3.68. The molecule has 1 aliphatic carbocycles. The number of piperazine rings is 1. The van der Waals surface area contributed by atoms with E-state index in [1.54, 1.807) is 12.3 Å². The van der Waals surface area contributed by atoms with Gasteiger partial charge < -0.3 is 14.4 Å². The molecule has 0 spiro atoms. The van der Waals surface area contributed by atoms with Crippen LogP contribution in [0.5, 0.6) is 0 Å². The van der Waals surface area contributed by atoms with Crippen LogP contribution in [-0.4, -0.2) is 67.1 Å². The predicted molar refractivity (Wildman–Crippen MR) is 135 cm³/mol. The maximum Gasteiger partial charge on any atom is 0.291 e. The molecular formula is C23H29F2N7O2S2. The van der Waals surface area contributed by atoms with Crippen LogP contribution in [0.15, 0.2) is 23.2 Å². The molecule has 194 valence electrons. The van der Waals surface area contributed by atoms with E-state index in [9.17, 15) is 18.1 Å². The molecule has 36 heavy (non-hydrogen) atoms. The van der Waals surface area contributed by atoms with E-state index >= 15 is 0 Å². The van der Waals surface area contributed by atoms with Crippen molar-refractivity contribution < 1.29 is 18.1 Å². The number of amides is 1. The third-order valence-corrected chi connectivity index (χ3v) is 9.12. The largest absolute Gasteiger partial charge is 0.593 e. The first-order valence-corrected chi connectivity index (χ1v) is 14.0. The van der Waals surface area contributed by atoms with E-state index in [1.165, 1.54) is 4.68 Å². The minimum atomic E-state index is -2.71.